The van der Waals surface area contributed by atoms with Crippen molar-refractivity contribution >= 4 is 22.2 Å². The highest BCUT2D eigenvalue weighted by Gasteiger charge is 2.17. The normalized spacial score (nSPS) is 12.7. The average Bonchev–Trinajstić information content (AvgIpc) is 2.86. The first-order valence-electron chi connectivity index (χ1n) is 6.13. The molecule has 0 aliphatic carbocycles. The Morgan fingerprint density at radius 2 is 2.05 bits per heavy atom. The molecule has 96 valence electrons. The van der Waals surface area contributed by atoms with E-state index in [1.54, 1.807) is 11.3 Å². The molecule has 0 aliphatic heterocycles. The second kappa shape index (κ2) is 5.09. The molecule has 0 bridgehead atoms. The van der Waals surface area contributed by atoms with E-state index in [0.29, 0.717) is 0 Å². The average molecular weight is 269 g/mol. The molecule has 1 aromatic carbocycles. The Labute approximate surface area is 116 Å². The van der Waals surface area contributed by atoms with Gasteiger partial charge in [-0.15, -0.1) is 0 Å². The van der Waals surface area contributed by atoms with Gasteiger partial charge in [0, 0.05) is 11.6 Å². The van der Waals surface area contributed by atoms with Crippen LogP contribution in [-0.4, -0.2) is 4.98 Å². The lowest BCUT2D eigenvalue weighted by molar-refractivity contribution is 0.640. The monoisotopic (exact) mass is 269 g/mol. The lowest BCUT2D eigenvalue weighted by Crippen LogP contribution is -2.29. The number of hydrogen-bond acceptors (Lipinski definition) is 4. The van der Waals surface area contributed by atoms with Gasteiger partial charge in [0.05, 0.1) is 11.6 Å². The fraction of sp³-hybridized carbons (Fsp3) is 0.133. The summed E-state index contributed by atoms with van der Waals surface area (Å²) in [6.45, 7) is 2.11. The van der Waals surface area contributed by atoms with E-state index < -0.39 is 0 Å². The maximum absolute atomic E-state index is 5.79. The second-order valence-electron chi connectivity index (χ2n) is 4.53. The third-order valence-corrected chi connectivity index (χ3v) is 4.24. The number of pyridine rings is 1. The largest absolute Gasteiger partial charge is 0.271 e. The SMILES string of the molecule is Cc1cscc1C(NN)c1cccc2ncccc12. The Kier molecular flexibility index (Phi) is 3.29. The van der Waals surface area contributed by atoms with E-state index in [-0.39, 0.29) is 6.04 Å². The van der Waals surface area contributed by atoms with E-state index in [2.05, 4.69) is 40.2 Å². The van der Waals surface area contributed by atoms with Crippen molar-refractivity contribution in [3.05, 3.63) is 64.0 Å². The Hall–Kier alpha value is -1.75. The van der Waals surface area contributed by atoms with E-state index in [9.17, 15) is 0 Å². The zero-order chi connectivity index (χ0) is 13.2. The van der Waals surface area contributed by atoms with Gasteiger partial charge < -0.3 is 0 Å². The van der Waals surface area contributed by atoms with Crippen LogP contribution in [0, 0.1) is 6.92 Å². The molecule has 3 nitrogen and oxygen atoms in total. The number of nitrogens with zero attached hydrogens (tertiary/aromatic N) is 1. The van der Waals surface area contributed by atoms with E-state index in [1.165, 1.54) is 11.1 Å². The number of benzene rings is 1. The first kappa shape index (κ1) is 12.3. The highest BCUT2D eigenvalue weighted by Crippen LogP contribution is 2.30. The standard InChI is InChI=1S/C15H15N3S/c1-10-8-19-9-13(10)15(18-16)12-4-2-6-14-11(12)5-3-7-17-14/h2-9,15,18H,16H2,1H3. The first-order chi connectivity index (χ1) is 9.31. The molecule has 1 atom stereocenters. The zero-order valence-corrected chi connectivity index (χ0v) is 11.4. The summed E-state index contributed by atoms with van der Waals surface area (Å²) in [7, 11) is 0. The van der Waals surface area contributed by atoms with Crippen molar-refractivity contribution in [2.24, 2.45) is 5.84 Å². The van der Waals surface area contributed by atoms with Crippen molar-refractivity contribution < 1.29 is 0 Å². The van der Waals surface area contributed by atoms with Crippen LogP contribution < -0.4 is 11.3 Å². The summed E-state index contributed by atoms with van der Waals surface area (Å²) in [4.78, 5) is 4.40. The number of nitrogens with two attached hydrogens (primary N) is 1. The summed E-state index contributed by atoms with van der Waals surface area (Å²) >= 11 is 1.70. The molecule has 0 radical (unpaired) electrons. The molecule has 0 fully saturated rings. The lowest BCUT2D eigenvalue weighted by Gasteiger charge is -2.18. The van der Waals surface area contributed by atoms with Crippen LogP contribution in [0.15, 0.2) is 47.3 Å². The number of aryl methyl sites for hydroxylation is 1. The number of nitrogens with one attached hydrogen (secondary N) is 1. The van der Waals surface area contributed by atoms with Crippen molar-refractivity contribution in [1.29, 1.82) is 0 Å². The summed E-state index contributed by atoms with van der Waals surface area (Å²) in [5.74, 6) is 5.79. The van der Waals surface area contributed by atoms with Crippen LogP contribution in [0.25, 0.3) is 10.9 Å². The van der Waals surface area contributed by atoms with Crippen LogP contribution >= 0.6 is 11.3 Å². The van der Waals surface area contributed by atoms with Gasteiger partial charge in [-0.25, -0.2) is 5.43 Å². The summed E-state index contributed by atoms with van der Waals surface area (Å²) in [6.07, 6.45) is 1.81. The van der Waals surface area contributed by atoms with Crippen molar-refractivity contribution in [3.63, 3.8) is 0 Å². The summed E-state index contributed by atoms with van der Waals surface area (Å²) in [5.41, 5.74) is 7.57. The molecule has 4 heteroatoms. The van der Waals surface area contributed by atoms with Crippen LogP contribution in [0.1, 0.15) is 22.7 Å². The van der Waals surface area contributed by atoms with Crippen LogP contribution in [0.4, 0.5) is 0 Å². The van der Waals surface area contributed by atoms with Crippen LogP contribution in [0.5, 0.6) is 0 Å². The van der Waals surface area contributed by atoms with Gasteiger partial charge in [0.25, 0.3) is 0 Å². The van der Waals surface area contributed by atoms with Crippen molar-refractivity contribution in [3.8, 4) is 0 Å². The predicted octanol–water partition coefficient (Wildman–Crippen LogP) is 3.16. The topological polar surface area (TPSA) is 50.9 Å². The zero-order valence-electron chi connectivity index (χ0n) is 10.6. The van der Waals surface area contributed by atoms with E-state index in [0.717, 1.165) is 16.5 Å². The van der Waals surface area contributed by atoms with Gasteiger partial charge in [0.1, 0.15) is 0 Å². The molecule has 0 spiro atoms. The minimum atomic E-state index is -0.000787. The predicted molar refractivity (Wildman–Crippen MR) is 80.0 cm³/mol. The molecule has 0 aliphatic rings. The second-order valence-corrected chi connectivity index (χ2v) is 5.27. The molecule has 19 heavy (non-hydrogen) atoms. The number of rotatable bonds is 3. The minimum Gasteiger partial charge on any atom is -0.271 e. The number of thiophene rings is 1. The highest BCUT2D eigenvalue weighted by molar-refractivity contribution is 7.08. The highest BCUT2D eigenvalue weighted by atomic mass is 32.1. The first-order valence-corrected chi connectivity index (χ1v) is 7.08. The van der Waals surface area contributed by atoms with Gasteiger partial charge in [-0.2, -0.15) is 11.3 Å². The van der Waals surface area contributed by atoms with E-state index in [1.807, 2.05) is 24.4 Å². The molecule has 2 heterocycles. The molecule has 0 amide bonds. The van der Waals surface area contributed by atoms with Gasteiger partial charge in [0.2, 0.25) is 0 Å². The van der Waals surface area contributed by atoms with Crippen molar-refractivity contribution in [2.75, 3.05) is 0 Å². The molecular formula is C15H15N3S. The van der Waals surface area contributed by atoms with Crippen LogP contribution in [0.3, 0.4) is 0 Å². The third kappa shape index (κ3) is 2.14. The summed E-state index contributed by atoms with van der Waals surface area (Å²) in [5, 5.41) is 5.43. The number of hydrazine groups is 1. The maximum atomic E-state index is 5.79. The molecule has 3 rings (SSSR count). The third-order valence-electron chi connectivity index (χ3n) is 3.36. The molecule has 1 unspecified atom stereocenters. The molecule has 3 aromatic rings. The number of fused-ring (bicyclic) bond motifs is 1. The maximum Gasteiger partial charge on any atom is 0.0727 e. The minimum absolute atomic E-state index is 0.000787. The van der Waals surface area contributed by atoms with Gasteiger partial charge in [-0.3, -0.25) is 10.8 Å². The molecule has 3 N–H and O–H groups in total. The van der Waals surface area contributed by atoms with Crippen LogP contribution in [-0.2, 0) is 0 Å². The summed E-state index contributed by atoms with van der Waals surface area (Å²) < 4.78 is 0. The fourth-order valence-electron chi connectivity index (χ4n) is 2.39. The van der Waals surface area contributed by atoms with Crippen LogP contribution in [0.2, 0.25) is 0 Å². The Balaban J connectivity index is 2.20. The Bertz CT molecular complexity index is 700. The van der Waals surface area contributed by atoms with Crippen molar-refractivity contribution in [1.82, 2.24) is 10.4 Å². The molecular weight excluding hydrogens is 254 g/mol. The molecule has 0 saturated heterocycles. The quantitative estimate of drug-likeness (QED) is 0.567. The molecule has 2 aromatic heterocycles. The number of aromatic nitrogens is 1. The summed E-state index contributed by atoms with van der Waals surface area (Å²) in [6, 6.07) is 10.2. The Morgan fingerprint density at radius 1 is 1.16 bits per heavy atom. The van der Waals surface area contributed by atoms with Gasteiger partial charge in [-0.05, 0) is 46.5 Å². The lowest BCUT2D eigenvalue weighted by atomic mass is 9.95. The fourth-order valence-corrected chi connectivity index (χ4v) is 3.27. The van der Waals surface area contributed by atoms with Gasteiger partial charge >= 0.3 is 0 Å². The van der Waals surface area contributed by atoms with Gasteiger partial charge in [-0.1, -0.05) is 18.2 Å². The van der Waals surface area contributed by atoms with Gasteiger partial charge in [0.15, 0.2) is 0 Å². The van der Waals surface area contributed by atoms with Crippen molar-refractivity contribution in [2.45, 2.75) is 13.0 Å². The molecule has 0 saturated carbocycles. The van der Waals surface area contributed by atoms with E-state index >= 15 is 0 Å². The number of hydrogen-bond donors (Lipinski definition) is 2. The smallest absolute Gasteiger partial charge is 0.0727 e. The Morgan fingerprint density at radius 3 is 2.79 bits per heavy atom. The van der Waals surface area contributed by atoms with E-state index in [4.69, 9.17) is 5.84 Å².